The first-order valence-corrected chi connectivity index (χ1v) is 6.43. The lowest BCUT2D eigenvalue weighted by Crippen LogP contribution is -2.42. The van der Waals surface area contributed by atoms with Gasteiger partial charge in [0.1, 0.15) is 24.7 Å². The summed E-state index contributed by atoms with van der Waals surface area (Å²) in [5.74, 6) is 0.665. The van der Waals surface area contributed by atoms with Crippen molar-refractivity contribution in [3.05, 3.63) is 29.3 Å². The van der Waals surface area contributed by atoms with Crippen molar-refractivity contribution >= 4 is 6.29 Å². The topological polar surface area (TPSA) is 58.6 Å². The number of hydrogen-bond donors (Lipinski definition) is 2. The molecule has 106 valence electrons. The van der Waals surface area contributed by atoms with Crippen LogP contribution in [0.15, 0.2) is 18.2 Å². The Hall–Kier alpha value is -1.39. The average Bonchev–Trinajstić information content (AvgIpc) is 2.33. The molecule has 4 nitrogen and oxygen atoms in total. The third-order valence-electron chi connectivity index (χ3n) is 2.68. The fourth-order valence-electron chi connectivity index (χ4n) is 1.55. The minimum atomic E-state index is -0.565. The van der Waals surface area contributed by atoms with Crippen LogP contribution in [0.2, 0.25) is 0 Å². The number of ether oxygens (including phenoxy) is 1. The Morgan fingerprint density at radius 3 is 2.63 bits per heavy atom. The maximum absolute atomic E-state index is 10.7. The number of nitrogens with one attached hydrogen (secondary N) is 1. The van der Waals surface area contributed by atoms with Crippen LogP contribution in [-0.4, -0.2) is 36.2 Å². The third-order valence-corrected chi connectivity index (χ3v) is 2.68. The minimum absolute atomic E-state index is 0.0246. The van der Waals surface area contributed by atoms with Crippen LogP contribution in [0.4, 0.5) is 0 Å². The van der Waals surface area contributed by atoms with E-state index in [1.54, 1.807) is 18.2 Å². The van der Waals surface area contributed by atoms with Gasteiger partial charge in [0.2, 0.25) is 0 Å². The van der Waals surface area contributed by atoms with Crippen molar-refractivity contribution in [2.24, 2.45) is 0 Å². The molecule has 4 heteroatoms. The lowest BCUT2D eigenvalue weighted by molar-refractivity contribution is 0.0999. The molecule has 1 aromatic carbocycles. The molecule has 0 aromatic heterocycles. The van der Waals surface area contributed by atoms with Gasteiger partial charge in [-0.2, -0.15) is 0 Å². The van der Waals surface area contributed by atoms with E-state index < -0.39 is 6.10 Å². The zero-order valence-electron chi connectivity index (χ0n) is 12.1. The summed E-state index contributed by atoms with van der Waals surface area (Å²) in [5.41, 5.74) is 1.50. The molecule has 0 bridgehead atoms. The SMILES string of the molecule is Cc1cc(OCC(O)CNC(C)(C)C)ccc1C=O. The number of aryl methyl sites for hydroxylation is 1. The molecule has 2 N–H and O–H groups in total. The van der Waals surface area contributed by atoms with E-state index in [9.17, 15) is 9.90 Å². The van der Waals surface area contributed by atoms with Crippen LogP contribution in [-0.2, 0) is 0 Å². The van der Waals surface area contributed by atoms with E-state index in [4.69, 9.17) is 4.74 Å². The van der Waals surface area contributed by atoms with Crippen LogP contribution in [0, 0.1) is 6.92 Å². The van der Waals surface area contributed by atoms with Crippen LogP contribution in [0.1, 0.15) is 36.7 Å². The molecule has 0 aliphatic carbocycles. The lowest BCUT2D eigenvalue weighted by atomic mass is 10.1. The number of aldehydes is 1. The molecule has 0 spiro atoms. The Bertz CT molecular complexity index is 424. The van der Waals surface area contributed by atoms with E-state index in [0.717, 1.165) is 11.8 Å². The second-order valence-corrected chi connectivity index (χ2v) is 5.73. The Labute approximate surface area is 114 Å². The maximum atomic E-state index is 10.7. The lowest BCUT2D eigenvalue weighted by Gasteiger charge is -2.23. The van der Waals surface area contributed by atoms with Gasteiger partial charge in [-0.25, -0.2) is 0 Å². The number of hydrogen-bond acceptors (Lipinski definition) is 4. The van der Waals surface area contributed by atoms with Crippen molar-refractivity contribution < 1.29 is 14.6 Å². The predicted molar refractivity (Wildman–Crippen MR) is 75.8 cm³/mol. The number of benzene rings is 1. The molecule has 0 aliphatic heterocycles. The van der Waals surface area contributed by atoms with Gasteiger partial charge in [0.05, 0.1) is 0 Å². The van der Waals surface area contributed by atoms with Crippen LogP contribution in [0.25, 0.3) is 0 Å². The molecule has 0 heterocycles. The molecule has 1 unspecified atom stereocenters. The normalized spacial score (nSPS) is 13.1. The van der Waals surface area contributed by atoms with Gasteiger partial charge in [-0.1, -0.05) is 0 Å². The summed E-state index contributed by atoms with van der Waals surface area (Å²) in [6.07, 6.45) is 0.256. The number of aliphatic hydroxyl groups is 1. The number of aliphatic hydroxyl groups excluding tert-OH is 1. The minimum Gasteiger partial charge on any atom is -0.491 e. The second kappa shape index (κ2) is 6.68. The highest BCUT2D eigenvalue weighted by Crippen LogP contribution is 2.16. The fourth-order valence-corrected chi connectivity index (χ4v) is 1.55. The average molecular weight is 265 g/mol. The van der Waals surface area contributed by atoms with Crippen LogP contribution < -0.4 is 10.1 Å². The zero-order valence-corrected chi connectivity index (χ0v) is 12.1. The molecular formula is C15H23NO3. The monoisotopic (exact) mass is 265 g/mol. The van der Waals surface area contributed by atoms with E-state index in [-0.39, 0.29) is 12.1 Å². The zero-order chi connectivity index (χ0) is 14.5. The molecule has 0 saturated heterocycles. The largest absolute Gasteiger partial charge is 0.491 e. The van der Waals surface area contributed by atoms with Gasteiger partial charge in [0, 0.05) is 17.6 Å². The maximum Gasteiger partial charge on any atom is 0.150 e. The van der Waals surface area contributed by atoms with Gasteiger partial charge in [-0.05, 0) is 51.5 Å². The van der Waals surface area contributed by atoms with Crippen LogP contribution in [0.5, 0.6) is 5.75 Å². The molecule has 0 saturated carbocycles. The van der Waals surface area contributed by atoms with E-state index >= 15 is 0 Å². The van der Waals surface area contributed by atoms with Crippen molar-refractivity contribution in [3.63, 3.8) is 0 Å². The molecular weight excluding hydrogens is 242 g/mol. The highest BCUT2D eigenvalue weighted by atomic mass is 16.5. The van der Waals surface area contributed by atoms with E-state index in [2.05, 4.69) is 5.32 Å². The summed E-state index contributed by atoms with van der Waals surface area (Å²) in [6, 6.07) is 5.26. The highest BCUT2D eigenvalue weighted by molar-refractivity contribution is 5.77. The molecule has 0 fully saturated rings. The summed E-state index contributed by atoms with van der Waals surface area (Å²) < 4.78 is 5.51. The first-order valence-electron chi connectivity index (χ1n) is 6.43. The fraction of sp³-hybridized carbons (Fsp3) is 0.533. The van der Waals surface area contributed by atoms with E-state index in [1.807, 2.05) is 27.7 Å². The number of rotatable bonds is 6. The van der Waals surface area contributed by atoms with Gasteiger partial charge >= 0.3 is 0 Å². The standard InChI is InChI=1S/C15H23NO3/c1-11-7-14(6-5-12(11)9-17)19-10-13(18)8-16-15(2,3)4/h5-7,9,13,16,18H,8,10H2,1-4H3. The quantitative estimate of drug-likeness (QED) is 0.772. The Morgan fingerprint density at radius 1 is 1.42 bits per heavy atom. The van der Waals surface area contributed by atoms with E-state index in [1.165, 1.54) is 0 Å². The molecule has 19 heavy (non-hydrogen) atoms. The van der Waals surface area contributed by atoms with Crippen molar-refractivity contribution in [1.82, 2.24) is 5.32 Å². The first-order chi connectivity index (χ1) is 8.81. The predicted octanol–water partition coefficient (Wildman–Crippen LogP) is 1.94. The first kappa shape index (κ1) is 15.7. The molecule has 0 radical (unpaired) electrons. The van der Waals surface area contributed by atoms with Crippen LogP contribution >= 0.6 is 0 Å². The molecule has 1 rings (SSSR count). The smallest absolute Gasteiger partial charge is 0.150 e. The van der Waals surface area contributed by atoms with Crippen molar-refractivity contribution in [1.29, 1.82) is 0 Å². The van der Waals surface area contributed by atoms with Gasteiger partial charge in [0.25, 0.3) is 0 Å². The summed E-state index contributed by atoms with van der Waals surface area (Å²) in [6.45, 7) is 8.69. The van der Waals surface area contributed by atoms with E-state index in [0.29, 0.717) is 17.9 Å². The molecule has 0 amide bonds. The summed E-state index contributed by atoms with van der Waals surface area (Å²) in [5, 5.41) is 13.0. The van der Waals surface area contributed by atoms with Gasteiger partial charge in [-0.15, -0.1) is 0 Å². The van der Waals surface area contributed by atoms with Crippen LogP contribution in [0.3, 0.4) is 0 Å². The third kappa shape index (κ3) is 5.85. The number of β-amino-alcohol motifs (C(OH)–C–C–N with tert-alkyl or cyclic N) is 1. The highest BCUT2D eigenvalue weighted by Gasteiger charge is 2.12. The van der Waals surface area contributed by atoms with Crippen molar-refractivity contribution in [2.75, 3.05) is 13.2 Å². The Morgan fingerprint density at radius 2 is 2.11 bits per heavy atom. The summed E-state index contributed by atoms with van der Waals surface area (Å²) >= 11 is 0. The molecule has 1 atom stereocenters. The molecule has 0 aliphatic rings. The summed E-state index contributed by atoms with van der Waals surface area (Å²) in [7, 11) is 0. The van der Waals surface area contributed by atoms with Crippen molar-refractivity contribution in [2.45, 2.75) is 39.3 Å². The van der Waals surface area contributed by atoms with Gasteiger partial charge in [0.15, 0.2) is 0 Å². The van der Waals surface area contributed by atoms with Gasteiger partial charge in [-0.3, -0.25) is 4.79 Å². The Balaban J connectivity index is 2.44. The Kier molecular flexibility index (Phi) is 5.51. The van der Waals surface area contributed by atoms with Crippen molar-refractivity contribution in [3.8, 4) is 5.75 Å². The summed E-state index contributed by atoms with van der Waals surface area (Å²) in [4.78, 5) is 10.7. The second-order valence-electron chi connectivity index (χ2n) is 5.73. The number of carbonyl (C=O) groups is 1. The molecule has 1 aromatic rings. The number of carbonyl (C=O) groups excluding carboxylic acids is 1. The van der Waals surface area contributed by atoms with Gasteiger partial charge < -0.3 is 15.2 Å².